The second-order valence-electron chi connectivity index (χ2n) is 4.78. The Morgan fingerprint density at radius 3 is 2.75 bits per heavy atom. The van der Waals surface area contributed by atoms with Crippen molar-refractivity contribution in [3.8, 4) is 5.75 Å². The lowest BCUT2D eigenvalue weighted by atomic mass is 10.2. The number of halogens is 2. The van der Waals surface area contributed by atoms with Gasteiger partial charge in [0, 0.05) is 0 Å². The molecule has 0 radical (unpaired) electrons. The number of carbonyl (C=O) groups is 1. The molecule has 0 aromatic heterocycles. The van der Waals surface area contributed by atoms with Crippen LogP contribution in [0.4, 0.5) is 14.5 Å². The smallest absolute Gasteiger partial charge is 0.387 e. The first-order chi connectivity index (χ1) is 9.56. The molecule has 1 N–H and O–H groups in total. The van der Waals surface area contributed by atoms with Crippen molar-refractivity contribution in [3.05, 3.63) is 24.3 Å². The van der Waals surface area contributed by atoms with Crippen LogP contribution in [0.15, 0.2) is 24.3 Å². The second-order valence-corrected chi connectivity index (χ2v) is 4.78. The lowest BCUT2D eigenvalue weighted by molar-refractivity contribution is -0.126. The molecule has 0 heterocycles. The van der Waals surface area contributed by atoms with Crippen molar-refractivity contribution >= 4 is 11.6 Å². The van der Waals surface area contributed by atoms with E-state index in [4.69, 9.17) is 4.74 Å². The molecule has 6 heteroatoms. The number of anilines is 1. The number of hydrogen-bond acceptors (Lipinski definition) is 3. The molecule has 1 aliphatic rings. The SMILES string of the molecule is CC(OCC1CC1)C(=O)Nc1ccccc1OC(F)F. The number of ether oxygens (including phenoxy) is 2. The molecular formula is C14H17F2NO3. The van der Waals surface area contributed by atoms with Crippen molar-refractivity contribution in [1.29, 1.82) is 0 Å². The topological polar surface area (TPSA) is 47.6 Å². The van der Waals surface area contributed by atoms with Crippen LogP contribution in [0.3, 0.4) is 0 Å². The molecule has 1 aromatic carbocycles. The van der Waals surface area contributed by atoms with E-state index in [1.807, 2.05) is 0 Å². The third kappa shape index (κ3) is 4.45. The summed E-state index contributed by atoms with van der Waals surface area (Å²) in [6.07, 6.45) is 1.65. The van der Waals surface area contributed by atoms with Crippen LogP contribution < -0.4 is 10.1 Å². The number of para-hydroxylation sites is 2. The molecule has 1 unspecified atom stereocenters. The van der Waals surface area contributed by atoms with Gasteiger partial charge in [-0.3, -0.25) is 4.79 Å². The average Bonchev–Trinajstić information content (AvgIpc) is 3.21. The maximum atomic E-state index is 12.3. The van der Waals surface area contributed by atoms with Gasteiger partial charge in [0.25, 0.3) is 5.91 Å². The quantitative estimate of drug-likeness (QED) is 0.837. The summed E-state index contributed by atoms with van der Waals surface area (Å²) in [4.78, 5) is 11.9. The van der Waals surface area contributed by atoms with Crippen LogP contribution in [-0.2, 0) is 9.53 Å². The molecule has 1 atom stereocenters. The molecule has 20 heavy (non-hydrogen) atoms. The zero-order valence-corrected chi connectivity index (χ0v) is 11.1. The van der Waals surface area contributed by atoms with Gasteiger partial charge < -0.3 is 14.8 Å². The van der Waals surface area contributed by atoms with Crippen molar-refractivity contribution < 1.29 is 23.0 Å². The van der Waals surface area contributed by atoms with Crippen molar-refractivity contribution in [3.63, 3.8) is 0 Å². The summed E-state index contributed by atoms with van der Waals surface area (Å²) in [5.41, 5.74) is 0.208. The third-order valence-electron chi connectivity index (χ3n) is 3.01. The molecule has 110 valence electrons. The Balaban J connectivity index is 1.91. The third-order valence-corrected chi connectivity index (χ3v) is 3.01. The monoisotopic (exact) mass is 285 g/mol. The van der Waals surface area contributed by atoms with Gasteiger partial charge in [-0.1, -0.05) is 12.1 Å². The van der Waals surface area contributed by atoms with Gasteiger partial charge in [0.15, 0.2) is 0 Å². The molecule has 1 aromatic rings. The first-order valence-corrected chi connectivity index (χ1v) is 6.52. The Morgan fingerprint density at radius 2 is 2.10 bits per heavy atom. The van der Waals surface area contributed by atoms with Gasteiger partial charge in [0.2, 0.25) is 0 Å². The highest BCUT2D eigenvalue weighted by Crippen LogP contribution is 2.29. The lowest BCUT2D eigenvalue weighted by Gasteiger charge is -2.15. The van der Waals surface area contributed by atoms with E-state index in [0.29, 0.717) is 12.5 Å². The van der Waals surface area contributed by atoms with E-state index in [2.05, 4.69) is 10.1 Å². The van der Waals surface area contributed by atoms with Crippen LogP contribution in [-0.4, -0.2) is 25.2 Å². The van der Waals surface area contributed by atoms with Crippen LogP contribution in [0, 0.1) is 5.92 Å². The Bertz CT molecular complexity index is 463. The number of rotatable bonds is 7. The fraction of sp³-hybridized carbons (Fsp3) is 0.500. The maximum absolute atomic E-state index is 12.3. The normalized spacial score (nSPS) is 16.0. The summed E-state index contributed by atoms with van der Waals surface area (Å²) < 4.78 is 34.3. The van der Waals surface area contributed by atoms with Gasteiger partial charge in [0.1, 0.15) is 11.9 Å². The van der Waals surface area contributed by atoms with Gasteiger partial charge in [-0.05, 0) is 37.8 Å². The van der Waals surface area contributed by atoms with Crippen LogP contribution in [0.1, 0.15) is 19.8 Å². The van der Waals surface area contributed by atoms with E-state index in [9.17, 15) is 13.6 Å². The van der Waals surface area contributed by atoms with Gasteiger partial charge >= 0.3 is 6.61 Å². The number of alkyl halides is 2. The average molecular weight is 285 g/mol. The second kappa shape index (κ2) is 6.65. The molecule has 1 aliphatic carbocycles. The number of amides is 1. The summed E-state index contributed by atoms with van der Waals surface area (Å²) in [5, 5.41) is 2.54. The summed E-state index contributed by atoms with van der Waals surface area (Å²) >= 11 is 0. The highest BCUT2D eigenvalue weighted by atomic mass is 19.3. The molecule has 1 amide bonds. The minimum atomic E-state index is -2.93. The number of carbonyl (C=O) groups excluding carboxylic acids is 1. The minimum Gasteiger partial charge on any atom is -0.433 e. The summed E-state index contributed by atoms with van der Waals surface area (Å²) in [6.45, 7) is -0.741. The van der Waals surface area contributed by atoms with E-state index >= 15 is 0 Å². The maximum Gasteiger partial charge on any atom is 0.387 e. The standard InChI is InChI=1S/C14H17F2NO3/c1-9(19-8-10-6-7-10)13(18)17-11-4-2-3-5-12(11)20-14(15)16/h2-5,9-10,14H,6-8H2,1H3,(H,17,18). The van der Waals surface area contributed by atoms with Crippen LogP contribution >= 0.6 is 0 Å². The van der Waals surface area contributed by atoms with Crippen molar-refractivity contribution in [2.24, 2.45) is 5.92 Å². The summed E-state index contributed by atoms with van der Waals surface area (Å²) in [5.74, 6) is 0.112. The van der Waals surface area contributed by atoms with E-state index in [-0.39, 0.29) is 17.3 Å². The highest BCUT2D eigenvalue weighted by Gasteiger charge is 2.24. The van der Waals surface area contributed by atoms with E-state index in [1.54, 1.807) is 19.1 Å². The van der Waals surface area contributed by atoms with Crippen molar-refractivity contribution in [2.75, 3.05) is 11.9 Å². The van der Waals surface area contributed by atoms with E-state index in [1.165, 1.54) is 12.1 Å². The molecule has 0 saturated heterocycles. The molecule has 0 aliphatic heterocycles. The largest absolute Gasteiger partial charge is 0.433 e. The predicted octanol–water partition coefficient (Wildman–Crippen LogP) is 3.04. The number of nitrogens with one attached hydrogen (secondary N) is 1. The Morgan fingerprint density at radius 1 is 1.40 bits per heavy atom. The highest BCUT2D eigenvalue weighted by molar-refractivity contribution is 5.95. The Labute approximate surface area is 116 Å². The van der Waals surface area contributed by atoms with Gasteiger partial charge in [-0.25, -0.2) is 0 Å². The molecular weight excluding hydrogens is 268 g/mol. The molecule has 4 nitrogen and oxygen atoms in total. The number of hydrogen-bond donors (Lipinski definition) is 1. The first-order valence-electron chi connectivity index (χ1n) is 6.52. The Hall–Kier alpha value is -1.69. The van der Waals surface area contributed by atoms with E-state index < -0.39 is 12.7 Å². The fourth-order valence-electron chi connectivity index (χ4n) is 1.64. The lowest BCUT2D eigenvalue weighted by Crippen LogP contribution is -2.28. The molecule has 1 fully saturated rings. The molecule has 2 rings (SSSR count). The predicted molar refractivity (Wildman–Crippen MR) is 69.8 cm³/mol. The molecule has 0 bridgehead atoms. The van der Waals surface area contributed by atoms with Crippen LogP contribution in [0.5, 0.6) is 5.75 Å². The van der Waals surface area contributed by atoms with E-state index in [0.717, 1.165) is 12.8 Å². The van der Waals surface area contributed by atoms with Gasteiger partial charge in [0.05, 0.1) is 12.3 Å². The van der Waals surface area contributed by atoms with Crippen LogP contribution in [0.2, 0.25) is 0 Å². The van der Waals surface area contributed by atoms with Crippen molar-refractivity contribution in [1.82, 2.24) is 0 Å². The zero-order valence-electron chi connectivity index (χ0n) is 11.1. The van der Waals surface area contributed by atoms with Gasteiger partial charge in [-0.2, -0.15) is 8.78 Å². The minimum absolute atomic E-state index is 0.0646. The fourth-order valence-corrected chi connectivity index (χ4v) is 1.64. The molecule has 1 saturated carbocycles. The zero-order chi connectivity index (χ0) is 14.5. The van der Waals surface area contributed by atoms with Gasteiger partial charge in [-0.15, -0.1) is 0 Å². The summed E-state index contributed by atoms with van der Waals surface area (Å²) in [7, 11) is 0. The Kier molecular flexibility index (Phi) is 4.89. The number of benzene rings is 1. The first kappa shape index (κ1) is 14.7. The van der Waals surface area contributed by atoms with Crippen LogP contribution in [0.25, 0.3) is 0 Å². The molecule has 0 spiro atoms. The van der Waals surface area contributed by atoms with Crippen molar-refractivity contribution in [2.45, 2.75) is 32.5 Å². The summed E-state index contributed by atoms with van der Waals surface area (Å²) in [6, 6.07) is 6.06.